The van der Waals surface area contributed by atoms with Crippen molar-refractivity contribution in [3.8, 4) is 5.75 Å². The third kappa shape index (κ3) is 3.76. The van der Waals surface area contributed by atoms with Crippen LogP contribution in [0.5, 0.6) is 5.75 Å². The van der Waals surface area contributed by atoms with Gasteiger partial charge in [0.05, 0.1) is 25.0 Å². The maximum atomic E-state index is 13.4. The summed E-state index contributed by atoms with van der Waals surface area (Å²) >= 11 is 0. The van der Waals surface area contributed by atoms with Gasteiger partial charge in [-0.15, -0.1) is 0 Å². The summed E-state index contributed by atoms with van der Waals surface area (Å²) in [4.78, 5) is 14.0. The summed E-state index contributed by atoms with van der Waals surface area (Å²) in [6.07, 6.45) is 0.452. The van der Waals surface area contributed by atoms with Gasteiger partial charge in [0, 0.05) is 18.2 Å². The molecule has 0 aliphatic carbocycles. The lowest BCUT2D eigenvalue weighted by Crippen LogP contribution is -2.41. The second-order valence-corrected chi connectivity index (χ2v) is 7.60. The number of amides is 1. The zero-order valence-corrected chi connectivity index (χ0v) is 13.5. The highest BCUT2D eigenvalue weighted by atomic mass is 32.2. The largest absolute Gasteiger partial charge is 0.496 e. The van der Waals surface area contributed by atoms with E-state index in [9.17, 15) is 17.6 Å². The van der Waals surface area contributed by atoms with Crippen molar-refractivity contribution in [3.63, 3.8) is 0 Å². The summed E-state index contributed by atoms with van der Waals surface area (Å²) in [5.74, 6) is -0.0779. The van der Waals surface area contributed by atoms with Crippen molar-refractivity contribution in [2.24, 2.45) is 0 Å². The number of ether oxygens (including phenoxy) is 1. The van der Waals surface area contributed by atoms with Crippen LogP contribution in [0.15, 0.2) is 18.2 Å². The smallest absolute Gasteiger partial charge is 0.227 e. The Morgan fingerprint density at radius 1 is 1.45 bits per heavy atom. The molecule has 1 aliphatic rings. The molecule has 0 radical (unpaired) electrons. The number of likely N-dealkylation sites (N-methyl/N-ethyl adjacent to an activating group) is 1. The van der Waals surface area contributed by atoms with Crippen molar-refractivity contribution < 1.29 is 22.3 Å². The first kappa shape index (κ1) is 16.7. The zero-order valence-electron chi connectivity index (χ0n) is 12.7. The Balaban J connectivity index is 2.15. The van der Waals surface area contributed by atoms with Crippen molar-refractivity contribution in [1.82, 2.24) is 4.90 Å². The average molecular weight is 329 g/mol. The summed E-state index contributed by atoms with van der Waals surface area (Å²) in [5.41, 5.74) is 0.465. The first-order valence-corrected chi connectivity index (χ1v) is 9.00. The average Bonchev–Trinajstić information content (AvgIpc) is 2.80. The maximum absolute atomic E-state index is 13.4. The second kappa shape index (κ2) is 6.64. The van der Waals surface area contributed by atoms with Gasteiger partial charge in [-0.25, -0.2) is 12.8 Å². The first-order valence-electron chi connectivity index (χ1n) is 7.18. The Labute approximate surface area is 130 Å². The number of methoxy groups -OCH3 is 1. The van der Waals surface area contributed by atoms with Crippen LogP contribution in [0.4, 0.5) is 4.39 Å². The van der Waals surface area contributed by atoms with Crippen LogP contribution in [0, 0.1) is 5.82 Å². The quantitative estimate of drug-likeness (QED) is 0.819. The first-order chi connectivity index (χ1) is 10.4. The number of carbonyl (C=O) groups is 1. The van der Waals surface area contributed by atoms with Crippen molar-refractivity contribution >= 4 is 15.7 Å². The molecule has 122 valence electrons. The van der Waals surface area contributed by atoms with Gasteiger partial charge in [-0.2, -0.15) is 0 Å². The molecule has 22 heavy (non-hydrogen) atoms. The predicted molar refractivity (Wildman–Crippen MR) is 81.1 cm³/mol. The van der Waals surface area contributed by atoms with Gasteiger partial charge in [0.1, 0.15) is 11.6 Å². The second-order valence-electron chi connectivity index (χ2n) is 5.37. The van der Waals surface area contributed by atoms with E-state index in [-0.39, 0.29) is 29.9 Å². The Kier molecular flexibility index (Phi) is 5.05. The molecule has 1 atom stereocenters. The number of halogens is 1. The molecular weight excluding hydrogens is 309 g/mol. The molecule has 1 aromatic rings. The lowest BCUT2D eigenvalue weighted by atomic mass is 10.1. The number of sulfone groups is 1. The Morgan fingerprint density at radius 3 is 2.73 bits per heavy atom. The molecule has 1 unspecified atom stereocenters. The molecule has 0 aromatic heterocycles. The van der Waals surface area contributed by atoms with Gasteiger partial charge in [0.15, 0.2) is 9.84 Å². The normalized spacial score (nSPS) is 19.9. The van der Waals surface area contributed by atoms with E-state index in [2.05, 4.69) is 0 Å². The van der Waals surface area contributed by atoms with Gasteiger partial charge in [-0.05, 0) is 31.5 Å². The van der Waals surface area contributed by atoms with Gasteiger partial charge >= 0.3 is 0 Å². The molecule has 1 saturated heterocycles. The topological polar surface area (TPSA) is 63.7 Å². The van der Waals surface area contributed by atoms with Crippen molar-refractivity contribution in [2.45, 2.75) is 25.8 Å². The Morgan fingerprint density at radius 2 is 2.18 bits per heavy atom. The van der Waals surface area contributed by atoms with Crippen molar-refractivity contribution in [3.05, 3.63) is 29.6 Å². The van der Waals surface area contributed by atoms with Crippen LogP contribution in [0.3, 0.4) is 0 Å². The third-order valence-corrected chi connectivity index (χ3v) is 5.64. The van der Waals surface area contributed by atoms with Crippen LogP contribution in [-0.2, 0) is 21.1 Å². The summed E-state index contributed by atoms with van der Waals surface area (Å²) in [7, 11) is -1.59. The van der Waals surface area contributed by atoms with E-state index in [4.69, 9.17) is 4.74 Å². The molecule has 1 aromatic carbocycles. The van der Waals surface area contributed by atoms with Crippen LogP contribution in [-0.4, -0.2) is 50.4 Å². The molecule has 0 saturated carbocycles. The Bertz CT molecular complexity index is 660. The van der Waals surface area contributed by atoms with Gasteiger partial charge in [-0.1, -0.05) is 0 Å². The fourth-order valence-corrected chi connectivity index (χ4v) is 4.54. The highest BCUT2D eigenvalue weighted by molar-refractivity contribution is 7.91. The SMILES string of the molecule is CCN(C(=O)Cc1cc(F)ccc1OC)C1CCS(=O)(=O)C1. The summed E-state index contributed by atoms with van der Waals surface area (Å²) in [6, 6.07) is 3.74. The number of rotatable bonds is 5. The number of benzene rings is 1. The zero-order chi connectivity index (χ0) is 16.3. The third-order valence-electron chi connectivity index (χ3n) is 3.89. The molecule has 1 amide bonds. The van der Waals surface area contributed by atoms with Crippen LogP contribution in [0.1, 0.15) is 18.9 Å². The van der Waals surface area contributed by atoms with E-state index >= 15 is 0 Å². The minimum Gasteiger partial charge on any atom is -0.496 e. The van der Waals surface area contributed by atoms with Gasteiger partial charge in [0.2, 0.25) is 5.91 Å². The molecule has 7 heteroatoms. The van der Waals surface area contributed by atoms with Crippen LogP contribution in [0.25, 0.3) is 0 Å². The number of nitrogens with zero attached hydrogens (tertiary/aromatic N) is 1. The van der Waals surface area contributed by atoms with Crippen LogP contribution < -0.4 is 4.74 Å². The van der Waals surface area contributed by atoms with Gasteiger partial charge < -0.3 is 9.64 Å². The molecule has 2 rings (SSSR count). The van der Waals surface area contributed by atoms with Gasteiger partial charge in [-0.3, -0.25) is 4.79 Å². The van der Waals surface area contributed by atoms with E-state index in [1.165, 1.54) is 25.3 Å². The lowest BCUT2D eigenvalue weighted by Gasteiger charge is -2.27. The molecule has 1 aliphatic heterocycles. The van der Waals surface area contributed by atoms with E-state index in [1.807, 2.05) is 6.92 Å². The van der Waals surface area contributed by atoms with Crippen molar-refractivity contribution in [1.29, 1.82) is 0 Å². The summed E-state index contributed by atoms with van der Waals surface area (Å²) in [6.45, 7) is 2.24. The molecular formula is C15H20FNO4S. The minimum absolute atomic E-state index is 0.00681. The molecule has 0 N–H and O–H groups in total. The van der Waals surface area contributed by atoms with Crippen molar-refractivity contribution in [2.75, 3.05) is 25.2 Å². The number of hydrogen-bond donors (Lipinski definition) is 0. The lowest BCUT2D eigenvalue weighted by molar-refractivity contribution is -0.132. The molecule has 1 heterocycles. The Hall–Kier alpha value is -1.63. The minimum atomic E-state index is -3.06. The van der Waals surface area contributed by atoms with Crippen LogP contribution in [0.2, 0.25) is 0 Å². The van der Waals surface area contributed by atoms with Crippen LogP contribution >= 0.6 is 0 Å². The highest BCUT2D eigenvalue weighted by Gasteiger charge is 2.33. The fourth-order valence-electron chi connectivity index (χ4n) is 2.81. The number of hydrogen-bond acceptors (Lipinski definition) is 4. The summed E-state index contributed by atoms with van der Waals surface area (Å²) < 4.78 is 41.7. The molecule has 0 bridgehead atoms. The van der Waals surface area contributed by atoms with E-state index < -0.39 is 15.7 Å². The highest BCUT2D eigenvalue weighted by Crippen LogP contribution is 2.23. The monoisotopic (exact) mass is 329 g/mol. The maximum Gasteiger partial charge on any atom is 0.227 e. The summed E-state index contributed by atoms with van der Waals surface area (Å²) in [5, 5.41) is 0. The molecule has 5 nitrogen and oxygen atoms in total. The molecule has 1 fully saturated rings. The standard InChI is InChI=1S/C15H20FNO4S/c1-3-17(13-6-7-22(19,20)10-13)15(18)9-11-8-12(16)4-5-14(11)21-2/h4-5,8,13H,3,6-7,9-10H2,1-2H3. The fraction of sp³-hybridized carbons (Fsp3) is 0.533. The molecule has 0 spiro atoms. The van der Waals surface area contributed by atoms with E-state index in [1.54, 1.807) is 4.90 Å². The predicted octanol–water partition coefficient (Wildman–Crippen LogP) is 1.41. The van der Waals surface area contributed by atoms with Gasteiger partial charge in [0.25, 0.3) is 0 Å². The van der Waals surface area contributed by atoms with E-state index in [0.717, 1.165) is 0 Å². The van der Waals surface area contributed by atoms with E-state index in [0.29, 0.717) is 24.3 Å². The number of carbonyl (C=O) groups excluding carboxylic acids is 1.